The van der Waals surface area contributed by atoms with Gasteiger partial charge in [-0.3, -0.25) is 9.97 Å². The molecule has 0 aliphatic heterocycles. The summed E-state index contributed by atoms with van der Waals surface area (Å²) in [5.41, 5.74) is -0.0730. The van der Waals surface area contributed by atoms with Crippen molar-refractivity contribution in [3.8, 4) is 0 Å². The summed E-state index contributed by atoms with van der Waals surface area (Å²) in [6.45, 7) is 0.399. The number of hydrogen-bond acceptors (Lipinski definition) is 5. The Morgan fingerprint density at radius 1 is 1.23 bits per heavy atom. The molecule has 1 fully saturated rings. The minimum Gasteiger partial charge on any atom is -0.350 e. The van der Waals surface area contributed by atoms with E-state index >= 15 is 0 Å². The molecule has 0 spiro atoms. The number of pyridine rings is 1. The Bertz CT molecular complexity index is 700. The van der Waals surface area contributed by atoms with Gasteiger partial charge in [-0.25, -0.2) is 14.2 Å². The van der Waals surface area contributed by atoms with Crippen molar-refractivity contribution in [1.82, 2.24) is 19.5 Å². The highest BCUT2D eigenvalue weighted by atomic mass is 16.2. The van der Waals surface area contributed by atoms with E-state index in [-0.39, 0.29) is 12.0 Å². The van der Waals surface area contributed by atoms with Gasteiger partial charge in [0.05, 0.1) is 12.2 Å². The van der Waals surface area contributed by atoms with Crippen molar-refractivity contribution < 1.29 is 0 Å². The molecule has 0 saturated heterocycles. The molecule has 116 valence electrons. The van der Waals surface area contributed by atoms with Crippen LogP contribution >= 0.6 is 0 Å². The molecule has 1 saturated carbocycles. The predicted octanol–water partition coefficient (Wildman–Crippen LogP) is 1.44. The fourth-order valence-electron chi connectivity index (χ4n) is 2.85. The van der Waals surface area contributed by atoms with Crippen LogP contribution < -0.4 is 16.7 Å². The summed E-state index contributed by atoms with van der Waals surface area (Å²) < 4.78 is 1.26. The van der Waals surface area contributed by atoms with Crippen molar-refractivity contribution in [3.05, 3.63) is 51.1 Å². The number of aromatic nitrogens is 4. The lowest BCUT2D eigenvalue weighted by Gasteiger charge is -2.22. The van der Waals surface area contributed by atoms with Crippen LogP contribution in [-0.2, 0) is 6.54 Å². The molecule has 1 aliphatic rings. The Kier molecular flexibility index (Phi) is 4.32. The molecule has 0 atom stereocenters. The third-order valence-corrected chi connectivity index (χ3v) is 3.96. The Hall–Kier alpha value is -2.44. The highest BCUT2D eigenvalue weighted by Gasteiger charge is 2.19. The number of rotatable bonds is 4. The first kappa shape index (κ1) is 14.5. The van der Waals surface area contributed by atoms with Gasteiger partial charge in [0, 0.05) is 12.2 Å². The predicted molar refractivity (Wildman–Crippen MR) is 82.8 cm³/mol. The summed E-state index contributed by atoms with van der Waals surface area (Å²) in [4.78, 5) is 35.1. The van der Waals surface area contributed by atoms with Gasteiger partial charge in [0.2, 0.25) is 5.95 Å². The molecule has 22 heavy (non-hydrogen) atoms. The lowest BCUT2D eigenvalue weighted by Crippen LogP contribution is -2.41. The van der Waals surface area contributed by atoms with E-state index in [1.807, 2.05) is 18.2 Å². The number of hydrogen-bond donors (Lipinski definition) is 2. The van der Waals surface area contributed by atoms with Gasteiger partial charge in [0.15, 0.2) is 0 Å². The number of H-pyrrole nitrogens is 1. The highest BCUT2D eigenvalue weighted by Crippen LogP contribution is 2.25. The quantitative estimate of drug-likeness (QED) is 0.891. The van der Waals surface area contributed by atoms with Gasteiger partial charge in [-0.2, -0.15) is 4.98 Å². The zero-order valence-electron chi connectivity index (χ0n) is 12.3. The van der Waals surface area contributed by atoms with Crippen LogP contribution in [0.15, 0.2) is 34.0 Å². The molecular weight excluding hydrogens is 282 g/mol. The Balaban J connectivity index is 1.77. The van der Waals surface area contributed by atoms with Gasteiger partial charge in [-0.15, -0.1) is 0 Å². The van der Waals surface area contributed by atoms with Gasteiger partial charge in [0.1, 0.15) is 0 Å². The second-order valence-corrected chi connectivity index (χ2v) is 5.51. The van der Waals surface area contributed by atoms with Crippen LogP contribution in [0.1, 0.15) is 43.8 Å². The molecule has 2 aromatic heterocycles. The lowest BCUT2D eigenvalue weighted by atomic mass is 9.95. The van der Waals surface area contributed by atoms with Crippen molar-refractivity contribution in [2.24, 2.45) is 0 Å². The number of anilines is 1. The summed E-state index contributed by atoms with van der Waals surface area (Å²) in [5, 5.41) is 2.93. The molecule has 0 amide bonds. The largest absolute Gasteiger partial charge is 0.355 e. The van der Waals surface area contributed by atoms with E-state index < -0.39 is 11.4 Å². The number of nitrogens with one attached hydrogen (secondary N) is 2. The second kappa shape index (κ2) is 6.55. The molecule has 2 N–H and O–H groups in total. The Morgan fingerprint density at radius 2 is 2.05 bits per heavy atom. The van der Waals surface area contributed by atoms with E-state index in [9.17, 15) is 9.59 Å². The van der Waals surface area contributed by atoms with Crippen LogP contribution in [0.3, 0.4) is 0 Å². The van der Waals surface area contributed by atoms with Crippen LogP contribution in [0, 0.1) is 0 Å². The van der Waals surface area contributed by atoms with Crippen LogP contribution in [0.2, 0.25) is 0 Å². The summed E-state index contributed by atoms with van der Waals surface area (Å²) in [6.07, 6.45) is 6.69. The smallest absolute Gasteiger partial charge is 0.350 e. The van der Waals surface area contributed by atoms with Gasteiger partial charge in [-0.05, 0) is 25.0 Å². The zero-order valence-corrected chi connectivity index (χ0v) is 12.3. The number of nitrogens with zero attached hydrogens (tertiary/aromatic N) is 3. The molecule has 0 radical (unpaired) electrons. The first-order valence-corrected chi connectivity index (χ1v) is 7.60. The topological polar surface area (TPSA) is 92.7 Å². The van der Waals surface area contributed by atoms with E-state index in [4.69, 9.17) is 0 Å². The highest BCUT2D eigenvalue weighted by molar-refractivity contribution is 5.23. The maximum atomic E-state index is 12.2. The molecule has 2 heterocycles. The van der Waals surface area contributed by atoms with Crippen LogP contribution in [0.5, 0.6) is 0 Å². The third kappa shape index (κ3) is 3.24. The lowest BCUT2D eigenvalue weighted by molar-refractivity contribution is 0.332. The SMILES string of the molecule is O=c1nc(NCc2ccccn2)[nH]c(=O)n1C1CCCCC1. The van der Waals surface area contributed by atoms with Crippen molar-refractivity contribution in [2.75, 3.05) is 5.32 Å². The molecule has 1 aliphatic carbocycles. The summed E-state index contributed by atoms with van der Waals surface area (Å²) in [5.74, 6) is 0.188. The minimum absolute atomic E-state index is 0.0256. The first-order valence-electron chi connectivity index (χ1n) is 7.60. The normalized spacial score (nSPS) is 15.6. The number of aromatic amines is 1. The van der Waals surface area contributed by atoms with Crippen molar-refractivity contribution in [2.45, 2.75) is 44.7 Å². The summed E-state index contributed by atoms with van der Waals surface area (Å²) >= 11 is 0. The van der Waals surface area contributed by atoms with Crippen LogP contribution in [-0.4, -0.2) is 19.5 Å². The van der Waals surface area contributed by atoms with E-state index in [1.165, 1.54) is 11.0 Å². The van der Waals surface area contributed by atoms with Gasteiger partial charge < -0.3 is 5.32 Å². The fraction of sp³-hybridized carbons (Fsp3) is 0.467. The molecule has 0 unspecified atom stereocenters. The second-order valence-electron chi connectivity index (χ2n) is 5.51. The van der Waals surface area contributed by atoms with E-state index in [2.05, 4.69) is 20.3 Å². The van der Waals surface area contributed by atoms with E-state index in [1.54, 1.807) is 6.20 Å². The first-order chi connectivity index (χ1) is 10.7. The minimum atomic E-state index is -0.487. The van der Waals surface area contributed by atoms with E-state index in [0.29, 0.717) is 6.54 Å². The van der Waals surface area contributed by atoms with E-state index in [0.717, 1.165) is 31.4 Å². The van der Waals surface area contributed by atoms with Crippen molar-refractivity contribution >= 4 is 5.95 Å². The fourth-order valence-corrected chi connectivity index (χ4v) is 2.85. The van der Waals surface area contributed by atoms with Gasteiger partial charge in [-0.1, -0.05) is 25.3 Å². The standard InChI is InChI=1S/C15H19N5O2/c21-14-18-13(17-10-11-6-4-5-9-16-11)19-15(22)20(14)12-7-2-1-3-8-12/h4-6,9,12H,1-3,7-8,10H2,(H2,17,18,19,21,22). The van der Waals surface area contributed by atoms with Crippen molar-refractivity contribution in [1.29, 1.82) is 0 Å². The Morgan fingerprint density at radius 3 is 2.73 bits per heavy atom. The summed E-state index contributed by atoms with van der Waals surface area (Å²) in [7, 11) is 0. The van der Waals surface area contributed by atoms with Crippen LogP contribution in [0.25, 0.3) is 0 Å². The zero-order chi connectivity index (χ0) is 15.4. The average Bonchev–Trinajstić information content (AvgIpc) is 2.54. The van der Waals surface area contributed by atoms with Gasteiger partial charge >= 0.3 is 11.4 Å². The summed E-state index contributed by atoms with van der Waals surface area (Å²) in [6, 6.07) is 5.53. The monoisotopic (exact) mass is 301 g/mol. The molecule has 0 aromatic carbocycles. The molecule has 7 nitrogen and oxygen atoms in total. The average molecular weight is 301 g/mol. The Labute approximate surface area is 127 Å². The third-order valence-electron chi connectivity index (χ3n) is 3.96. The molecule has 3 rings (SSSR count). The maximum Gasteiger partial charge on any atom is 0.355 e. The molecular formula is C15H19N5O2. The molecule has 2 aromatic rings. The maximum absolute atomic E-state index is 12.2. The van der Waals surface area contributed by atoms with Crippen LogP contribution in [0.4, 0.5) is 5.95 Å². The molecule has 7 heteroatoms. The molecule has 0 bridgehead atoms. The van der Waals surface area contributed by atoms with Gasteiger partial charge in [0.25, 0.3) is 0 Å². The van der Waals surface area contributed by atoms with Crippen molar-refractivity contribution in [3.63, 3.8) is 0 Å².